The van der Waals surface area contributed by atoms with Gasteiger partial charge in [-0.05, 0) is 106 Å². The number of ketones is 1. The van der Waals surface area contributed by atoms with Gasteiger partial charge in [0.2, 0.25) is 0 Å². The lowest BCUT2D eigenvalue weighted by atomic mass is 9.45. The van der Waals surface area contributed by atoms with Crippen molar-refractivity contribution in [2.75, 3.05) is 6.61 Å². The number of hydrogen-bond acceptors (Lipinski definition) is 2. The smallest absolute Gasteiger partial charge is 0.132 e. The molecule has 27 heavy (non-hydrogen) atoms. The van der Waals surface area contributed by atoms with Crippen LogP contribution >= 0.6 is 0 Å². The highest BCUT2D eigenvalue weighted by Crippen LogP contribution is 2.67. The third-order valence-corrected chi connectivity index (χ3v) is 9.81. The van der Waals surface area contributed by atoms with Gasteiger partial charge in [0.15, 0.2) is 0 Å². The molecule has 0 aromatic rings. The van der Waals surface area contributed by atoms with Gasteiger partial charge in [0.1, 0.15) is 5.78 Å². The van der Waals surface area contributed by atoms with Gasteiger partial charge in [-0.3, -0.25) is 4.79 Å². The number of carbonyl (C=O) groups excluding carboxylic acids is 1. The molecule has 0 spiro atoms. The zero-order valence-electron chi connectivity index (χ0n) is 18.3. The summed E-state index contributed by atoms with van der Waals surface area (Å²) in [6.45, 7) is 10.2. The van der Waals surface area contributed by atoms with Gasteiger partial charge in [-0.1, -0.05) is 27.2 Å². The first kappa shape index (κ1) is 19.9. The molecule has 2 nitrogen and oxygen atoms in total. The minimum atomic E-state index is 0.354. The first-order valence-corrected chi connectivity index (χ1v) is 12.0. The molecule has 0 aromatic heterocycles. The standard InChI is InChI=1S/C25H42O2/c1-5-6-13-27-20-9-12-25(4)19(15-20)7-8-21-22(25)10-11-24(3)16-18(17(2)26)14-23(21)24/h18-23H,5-16H2,1-4H3/t18-,19-,20+,21+,22-,23-,24+,25-/m1/s1. The van der Waals surface area contributed by atoms with Crippen LogP contribution in [0.3, 0.4) is 0 Å². The number of carbonyl (C=O) groups is 1. The predicted octanol–water partition coefficient (Wildman–Crippen LogP) is 6.42. The van der Waals surface area contributed by atoms with E-state index in [0.29, 0.717) is 28.6 Å². The van der Waals surface area contributed by atoms with Gasteiger partial charge < -0.3 is 4.74 Å². The molecule has 0 bridgehead atoms. The van der Waals surface area contributed by atoms with Crippen LogP contribution in [0.5, 0.6) is 0 Å². The second-order valence-electron chi connectivity index (χ2n) is 11.2. The quantitative estimate of drug-likeness (QED) is 0.519. The number of unbranched alkanes of at least 4 members (excludes halogenated alkanes) is 1. The van der Waals surface area contributed by atoms with E-state index in [0.717, 1.165) is 30.3 Å². The average molecular weight is 375 g/mol. The van der Waals surface area contributed by atoms with Crippen molar-refractivity contribution < 1.29 is 9.53 Å². The molecule has 0 heterocycles. The Bertz CT molecular complexity index is 557. The van der Waals surface area contributed by atoms with Crippen molar-refractivity contribution in [3.63, 3.8) is 0 Å². The molecule has 2 heteroatoms. The predicted molar refractivity (Wildman–Crippen MR) is 111 cm³/mol. The third kappa shape index (κ3) is 3.43. The summed E-state index contributed by atoms with van der Waals surface area (Å²) in [5, 5.41) is 0. The molecule has 0 saturated heterocycles. The van der Waals surface area contributed by atoms with Gasteiger partial charge in [-0.2, -0.15) is 0 Å². The summed E-state index contributed by atoms with van der Waals surface area (Å²) in [4.78, 5) is 12.1. The van der Waals surface area contributed by atoms with E-state index in [9.17, 15) is 4.79 Å². The summed E-state index contributed by atoms with van der Waals surface area (Å²) in [5.74, 6) is 4.26. The van der Waals surface area contributed by atoms with E-state index in [1.165, 1.54) is 70.6 Å². The molecular weight excluding hydrogens is 332 g/mol. The minimum Gasteiger partial charge on any atom is -0.378 e. The molecule has 0 N–H and O–H groups in total. The fourth-order valence-corrected chi connectivity index (χ4v) is 8.13. The molecule has 4 aliphatic carbocycles. The highest BCUT2D eigenvalue weighted by atomic mass is 16.5. The summed E-state index contributed by atoms with van der Waals surface area (Å²) in [6, 6.07) is 0. The summed E-state index contributed by atoms with van der Waals surface area (Å²) in [7, 11) is 0. The summed E-state index contributed by atoms with van der Waals surface area (Å²) in [6.07, 6.45) is 14.9. The van der Waals surface area contributed by atoms with Crippen LogP contribution in [-0.4, -0.2) is 18.5 Å². The van der Waals surface area contributed by atoms with E-state index >= 15 is 0 Å². The maximum absolute atomic E-state index is 12.1. The zero-order valence-corrected chi connectivity index (χ0v) is 18.3. The Morgan fingerprint density at radius 3 is 2.59 bits per heavy atom. The van der Waals surface area contributed by atoms with E-state index in [2.05, 4.69) is 20.8 Å². The van der Waals surface area contributed by atoms with Crippen molar-refractivity contribution in [3.05, 3.63) is 0 Å². The number of hydrogen-bond donors (Lipinski definition) is 0. The van der Waals surface area contributed by atoms with Crippen molar-refractivity contribution in [2.45, 2.75) is 104 Å². The fraction of sp³-hybridized carbons (Fsp3) is 0.960. The number of fused-ring (bicyclic) bond motifs is 5. The van der Waals surface area contributed by atoms with Crippen molar-refractivity contribution in [1.29, 1.82) is 0 Å². The summed E-state index contributed by atoms with van der Waals surface area (Å²) >= 11 is 0. The Morgan fingerprint density at radius 1 is 1.04 bits per heavy atom. The summed E-state index contributed by atoms with van der Waals surface area (Å²) in [5.41, 5.74) is 0.977. The topological polar surface area (TPSA) is 26.3 Å². The Hall–Kier alpha value is -0.370. The minimum absolute atomic E-state index is 0.354. The van der Waals surface area contributed by atoms with Crippen molar-refractivity contribution in [3.8, 4) is 0 Å². The van der Waals surface area contributed by atoms with Gasteiger partial charge in [0, 0.05) is 12.5 Å². The Kier molecular flexibility index (Phi) is 5.51. The Labute approximate surface area is 167 Å². The third-order valence-electron chi connectivity index (χ3n) is 9.81. The average Bonchev–Trinajstić information content (AvgIpc) is 3.00. The molecule has 0 unspecified atom stereocenters. The lowest BCUT2D eigenvalue weighted by molar-refractivity contribution is -0.129. The maximum atomic E-state index is 12.1. The van der Waals surface area contributed by atoms with Crippen LogP contribution < -0.4 is 0 Å². The van der Waals surface area contributed by atoms with Gasteiger partial charge in [0.05, 0.1) is 6.10 Å². The van der Waals surface area contributed by atoms with Crippen molar-refractivity contribution in [1.82, 2.24) is 0 Å². The monoisotopic (exact) mass is 374 g/mol. The van der Waals surface area contributed by atoms with E-state index in [4.69, 9.17) is 4.74 Å². The van der Waals surface area contributed by atoms with Crippen LogP contribution in [0, 0.1) is 40.4 Å². The number of rotatable bonds is 5. The van der Waals surface area contributed by atoms with Gasteiger partial charge in [-0.15, -0.1) is 0 Å². The second kappa shape index (κ2) is 7.47. The molecule has 4 aliphatic rings. The van der Waals surface area contributed by atoms with Crippen LogP contribution in [0.1, 0.15) is 98.3 Å². The SMILES string of the molecule is CCCCO[C@H]1CC[C@]2(C)[C@H](CC[C@@H]3[C@H]4C[C@@H](C(C)=O)C[C@]4(C)CC[C@H]32)C1. The molecule has 0 radical (unpaired) electrons. The second-order valence-corrected chi connectivity index (χ2v) is 11.2. The molecule has 0 amide bonds. The highest BCUT2D eigenvalue weighted by Gasteiger charge is 2.59. The van der Waals surface area contributed by atoms with E-state index in [1.807, 2.05) is 6.92 Å². The van der Waals surface area contributed by atoms with E-state index in [-0.39, 0.29) is 0 Å². The Morgan fingerprint density at radius 2 is 1.85 bits per heavy atom. The first-order chi connectivity index (χ1) is 12.9. The van der Waals surface area contributed by atoms with Crippen LogP contribution in [0.15, 0.2) is 0 Å². The molecule has 0 aliphatic heterocycles. The van der Waals surface area contributed by atoms with Gasteiger partial charge >= 0.3 is 0 Å². The van der Waals surface area contributed by atoms with E-state index < -0.39 is 0 Å². The van der Waals surface area contributed by atoms with Crippen LogP contribution in [-0.2, 0) is 9.53 Å². The first-order valence-electron chi connectivity index (χ1n) is 12.0. The lowest BCUT2D eigenvalue weighted by Gasteiger charge is -2.60. The fourth-order valence-electron chi connectivity index (χ4n) is 8.13. The molecular formula is C25H42O2. The largest absolute Gasteiger partial charge is 0.378 e. The van der Waals surface area contributed by atoms with Crippen molar-refractivity contribution in [2.24, 2.45) is 40.4 Å². The van der Waals surface area contributed by atoms with E-state index in [1.54, 1.807) is 0 Å². The number of Topliss-reactive ketones (excluding diaryl/α,β-unsaturated/α-hetero) is 1. The lowest BCUT2D eigenvalue weighted by Crippen LogP contribution is -2.53. The van der Waals surface area contributed by atoms with Gasteiger partial charge in [0.25, 0.3) is 0 Å². The highest BCUT2D eigenvalue weighted by molar-refractivity contribution is 5.78. The normalized spacial score (nSPS) is 49.2. The zero-order chi connectivity index (χ0) is 19.2. The molecule has 8 atom stereocenters. The maximum Gasteiger partial charge on any atom is 0.132 e. The van der Waals surface area contributed by atoms with Crippen molar-refractivity contribution >= 4 is 5.78 Å². The molecule has 4 fully saturated rings. The molecule has 0 aromatic carbocycles. The molecule has 4 rings (SSSR count). The van der Waals surface area contributed by atoms with Crippen LogP contribution in [0.25, 0.3) is 0 Å². The Balaban J connectivity index is 1.46. The van der Waals surface area contributed by atoms with Crippen LogP contribution in [0.2, 0.25) is 0 Å². The molecule has 154 valence electrons. The van der Waals surface area contributed by atoms with Gasteiger partial charge in [-0.25, -0.2) is 0 Å². The number of ether oxygens (including phenoxy) is 1. The summed E-state index contributed by atoms with van der Waals surface area (Å²) < 4.78 is 6.24. The van der Waals surface area contributed by atoms with Crippen LogP contribution in [0.4, 0.5) is 0 Å². The molecule has 4 saturated carbocycles.